The van der Waals surface area contributed by atoms with Crippen molar-refractivity contribution in [2.24, 2.45) is 0 Å². The van der Waals surface area contributed by atoms with Gasteiger partial charge in [0.2, 0.25) is 0 Å². The number of benzene rings is 1. The first-order valence-electron chi connectivity index (χ1n) is 4.13. The van der Waals surface area contributed by atoms with Crippen LogP contribution in [0.3, 0.4) is 0 Å². The Morgan fingerprint density at radius 2 is 2.15 bits per heavy atom. The van der Waals surface area contributed by atoms with E-state index in [1.165, 1.54) is 0 Å². The number of carbonyl (C=O) groups is 1. The van der Waals surface area contributed by atoms with Gasteiger partial charge in [-0.05, 0) is 6.07 Å². The van der Waals surface area contributed by atoms with Gasteiger partial charge in [0.15, 0.2) is 0 Å². The van der Waals surface area contributed by atoms with Crippen LogP contribution < -0.4 is 0 Å². The standard InChI is InChI=1S/C10H11BrO2/c1-2-10(12)13-7-8-5-3-4-6-9(8)11/h3-6H,2,7H2,1H3. The molecule has 1 aromatic carbocycles. The second kappa shape index (κ2) is 5.02. The van der Waals surface area contributed by atoms with Gasteiger partial charge in [0, 0.05) is 16.5 Å². The van der Waals surface area contributed by atoms with Gasteiger partial charge < -0.3 is 4.74 Å². The molecule has 1 rings (SSSR count). The highest BCUT2D eigenvalue weighted by Gasteiger charge is 2.01. The van der Waals surface area contributed by atoms with Gasteiger partial charge in [-0.1, -0.05) is 41.1 Å². The lowest BCUT2D eigenvalue weighted by Crippen LogP contribution is -2.02. The topological polar surface area (TPSA) is 26.3 Å². The molecular weight excluding hydrogens is 232 g/mol. The van der Waals surface area contributed by atoms with E-state index in [9.17, 15) is 4.79 Å². The molecule has 0 atom stereocenters. The maximum Gasteiger partial charge on any atom is 0.305 e. The van der Waals surface area contributed by atoms with E-state index >= 15 is 0 Å². The van der Waals surface area contributed by atoms with Gasteiger partial charge in [0.25, 0.3) is 0 Å². The molecule has 0 spiro atoms. The zero-order valence-electron chi connectivity index (χ0n) is 7.42. The highest BCUT2D eigenvalue weighted by atomic mass is 79.9. The van der Waals surface area contributed by atoms with E-state index in [-0.39, 0.29) is 5.97 Å². The molecule has 2 nitrogen and oxygen atoms in total. The lowest BCUT2D eigenvalue weighted by molar-refractivity contribution is -0.144. The van der Waals surface area contributed by atoms with Crippen molar-refractivity contribution < 1.29 is 9.53 Å². The van der Waals surface area contributed by atoms with E-state index in [1.54, 1.807) is 6.92 Å². The minimum absolute atomic E-state index is 0.171. The van der Waals surface area contributed by atoms with Crippen LogP contribution in [0.4, 0.5) is 0 Å². The van der Waals surface area contributed by atoms with Crippen LogP contribution in [0.25, 0.3) is 0 Å². The summed E-state index contributed by atoms with van der Waals surface area (Å²) in [4.78, 5) is 10.9. The van der Waals surface area contributed by atoms with E-state index in [1.807, 2.05) is 24.3 Å². The van der Waals surface area contributed by atoms with E-state index in [2.05, 4.69) is 15.9 Å². The summed E-state index contributed by atoms with van der Waals surface area (Å²) in [5.74, 6) is -0.171. The Hall–Kier alpha value is -0.830. The van der Waals surface area contributed by atoms with Gasteiger partial charge in [-0.15, -0.1) is 0 Å². The van der Waals surface area contributed by atoms with Crippen molar-refractivity contribution in [1.29, 1.82) is 0 Å². The Kier molecular flexibility index (Phi) is 3.96. The summed E-state index contributed by atoms with van der Waals surface area (Å²) in [6.45, 7) is 2.12. The Morgan fingerprint density at radius 3 is 2.77 bits per heavy atom. The molecule has 0 unspecified atom stereocenters. The quantitative estimate of drug-likeness (QED) is 0.763. The van der Waals surface area contributed by atoms with Gasteiger partial charge in [-0.3, -0.25) is 4.79 Å². The largest absolute Gasteiger partial charge is 0.461 e. The molecule has 1 aromatic rings. The first-order valence-corrected chi connectivity index (χ1v) is 4.92. The summed E-state index contributed by atoms with van der Waals surface area (Å²) >= 11 is 3.38. The number of hydrogen-bond acceptors (Lipinski definition) is 2. The highest BCUT2D eigenvalue weighted by Crippen LogP contribution is 2.16. The van der Waals surface area contributed by atoms with Gasteiger partial charge in [0.1, 0.15) is 6.61 Å². The molecular formula is C10H11BrO2. The molecule has 3 heteroatoms. The average Bonchev–Trinajstić information content (AvgIpc) is 2.16. The first kappa shape index (κ1) is 10.3. The minimum Gasteiger partial charge on any atom is -0.461 e. The Labute approximate surface area is 86.0 Å². The van der Waals surface area contributed by atoms with Gasteiger partial charge in [0.05, 0.1) is 0 Å². The highest BCUT2D eigenvalue weighted by molar-refractivity contribution is 9.10. The lowest BCUT2D eigenvalue weighted by Gasteiger charge is -2.04. The van der Waals surface area contributed by atoms with Crippen molar-refractivity contribution in [3.63, 3.8) is 0 Å². The van der Waals surface area contributed by atoms with Crippen LogP contribution in [0.5, 0.6) is 0 Å². The molecule has 13 heavy (non-hydrogen) atoms. The molecule has 0 radical (unpaired) electrons. The summed E-state index contributed by atoms with van der Waals surface area (Å²) in [6, 6.07) is 7.69. The van der Waals surface area contributed by atoms with E-state index in [0.717, 1.165) is 10.0 Å². The molecule has 0 aliphatic rings. The van der Waals surface area contributed by atoms with Crippen LogP contribution in [0.2, 0.25) is 0 Å². The molecule has 0 N–H and O–H groups in total. The fourth-order valence-electron chi connectivity index (χ4n) is 0.876. The predicted molar refractivity (Wildman–Crippen MR) is 54.2 cm³/mol. The molecule has 0 heterocycles. The smallest absolute Gasteiger partial charge is 0.305 e. The lowest BCUT2D eigenvalue weighted by atomic mass is 10.2. The van der Waals surface area contributed by atoms with Gasteiger partial charge >= 0.3 is 5.97 Å². The summed E-state index contributed by atoms with van der Waals surface area (Å²) in [5, 5.41) is 0. The SMILES string of the molecule is CCC(=O)OCc1ccccc1Br. The summed E-state index contributed by atoms with van der Waals surface area (Å²) in [7, 11) is 0. The van der Waals surface area contributed by atoms with Gasteiger partial charge in [-0.25, -0.2) is 0 Å². The van der Waals surface area contributed by atoms with E-state index in [4.69, 9.17) is 4.74 Å². The number of carbonyl (C=O) groups excluding carboxylic acids is 1. The second-order valence-electron chi connectivity index (χ2n) is 2.61. The third kappa shape index (κ3) is 3.19. The van der Waals surface area contributed by atoms with Crippen LogP contribution in [-0.4, -0.2) is 5.97 Å². The molecule has 0 aliphatic heterocycles. The van der Waals surface area contributed by atoms with Crippen molar-refractivity contribution in [2.75, 3.05) is 0 Å². The molecule has 0 amide bonds. The van der Waals surface area contributed by atoms with Crippen LogP contribution >= 0.6 is 15.9 Å². The normalized spacial score (nSPS) is 9.69. The summed E-state index contributed by atoms with van der Waals surface area (Å²) in [6.07, 6.45) is 0.421. The van der Waals surface area contributed by atoms with Crippen molar-refractivity contribution in [3.8, 4) is 0 Å². The third-order valence-electron chi connectivity index (χ3n) is 1.64. The van der Waals surface area contributed by atoms with E-state index in [0.29, 0.717) is 13.0 Å². The Balaban J connectivity index is 2.54. The zero-order valence-corrected chi connectivity index (χ0v) is 9.00. The number of esters is 1. The fraction of sp³-hybridized carbons (Fsp3) is 0.300. The number of halogens is 1. The van der Waals surface area contributed by atoms with Crippen LogP contribution in [0.15, 0.2) is 28.7 Å². The van der Waals surface area contributed by atoms with Crippen LogP contribution in [0.1, 0.15) is 18.9 Å². The first-order chi connectivity index (χ1) is 6.24. The Morgan fingerprint density at radius 1 is 1.46 bits per heavy atom. The van der Waals surface area contributed by atoms with Crippen molar-refractivity contribution in [3.05, 3.63) is 34.3 Å². The predicted octanol–water partition coefficient (Wildman–Crippen LogP) is 2.90. The zero-order chi connectivity index (χ0) is 9.68. The molecule has 0 saturated heterocycles. The second-order valence-corrected chi connectivity index (χ2v) is 3.46. The molecule has 0 aromatic heterocycles. The monoisotopic (exact) mass is 242 g/mol. The summed E-state index contributed by atoms with van der Waals surface area (Å²) < 4.78 is 5.96. The average molecular weight is 243 g/mol. The van der Waals surface area contributed by atoms with Crippen molar-refractivity contribution in [2.45, 2.75) is 20.0 Å². The Bertz CT molecular complexity index is 297. The fourth-order valence-corrected chi connectivity index (χ4v) is 1.27. The maximum absolute atomic E-state index is 10.9. The van der Waals surface area contributed by atoms with Crippen LogP contribution in [0, 0.1) is 0 Å². The molecule has 0 bridgehead atoms. The molecule has 0 aliphatic carbocycles. The number of ether oxygens (including phenoxy) is 1. The molecule has 0 fully saturated rings. The maximum atomic E-state index is 10.9. The molecule has 0 saturated carbocycles. The van der Waals surface area contributed by atoms with Gasteiger partial charge in [-0.2, -0.15) is 0 Å². The van der Waals surface area contributed by atoms with Crippen LogP contribution in [-0.2, 0) is 16.1 Å². The number of hydrogen-bond donors (Lipinski definition) is 0. The number of rotatable bonds is 3. The van der Waals surface area contributed by atoms with Crippen molar-refractivity contribution >= 4 is 21.9 Å². The molecule has 70 valence electrons. The summed E-state index contributed by atoms with van der Waals surface area (Å²) in [5.41, 5.74) is 0.990. The van der Waals surface area contributed by atoms with Crippen molar-refractivity contribution in [1.82, 2.24) is 0 Å². The van der Waals surface area contributed by atoms with E-state index < -0.39 is 0 Å². The third-order valence-corrected chi connectivity index (χ3v) is 2.41. The minimum atomic E-state index is -0.171.